The van der Waals surface area contributed by atoms with Crippen molar-refractivity contribution < 1.29 is 9.59 Å². The number of benzene rings is 1. The molecule has 1 aromatic heterocycles. The number of carbonyl (C=O) groups is 2. The number of imidazole rings is 1. The minimum atomic E-state index is 0.139. The molecule has 1 heterocycles. The molecule has 0 saturated heterocycles. The molecule has 6 heteroatoms. The highest BCUT2D eigenvalue weighted by molar-refractivity contribution is 5.81. The molecule has 3 rings (SSSR count). The van der Waals surface area contributed by atoms with Crippen LogP contribution in [0.3, 0.4) is 0 Å². The lowest BCUT2D eigenvalue weighted by molar-refractivity contribution is -0.131. The molecule has 31 heavy (non-hydrogen) atoms. The largest absolute Gasteiger partial charge is 0.356 e. The van der Waals surface area contributed by atoms with Crippen LogP contribution in [0.25, 0.3) is 11.0 Å². The first-order chi connectivity index (χ1) is 15.1. The van der Waals surface area contributed by atoms with E-state index in [1.807, 2.05) is 43.0 Å². The average Bonchev–Trinajstić information content (AvgIpc) is 3.14. The highest BCUT2D eigenvalue weighted by Crippen LogP contribution is 2.23. The third kappa shape index (κ3) is 6.31. The van der Waals surface area contributed by atoms with Crippen LogP contribution in [0.4, 0.5) is 0 Å². The van der Waals surface area contributed by atoms with Gasteiger partial charge in [0.2, 0.25) is 11.8 Å². The van der Waals surface area contributed by atoms with E-state index < -0.39 is 0 Å². The number of para-hydroxylation sites is 2. The summed E-state index contributed by atoms with van der Waals surface area (Å²) < 4.78 is 2.08. The summed E-state index contributed by atoms with van der Waals surface area (Å²) in [5.41, 5.74) is 1.97. The normalized spacial score (nSPS) is 14.6. The third-order valence-electron chi connectivity index (χ3n) is 6.50. The zero-order valence-electron chi connectivity index (χ0n) is 19.2. The molecule has 6 nitrogen and oxygen atoms in total. The number of aromatic nitrogens is 2. The molecule has 2 amide bonds. The highest BCUT2D eigenvalue weighted by Gasteiger charge is 2.20. The van der Waals surface area contributed by atoms with Crippen LogP contribution in [0, 0.1) is 5.92 Å². The van der Waals surface area contributed by atoms with Gasteiger partial charge in [-0.05, 0) is 51.7 Å². The summed E-state index contributed by atoms with van der Waals surface area (Å²) in [4.78, 5) is 31.6. The average molecular weight is 427 g/mol. The van der Waals surface area contributed by atoms with Crippen molar-refractivity contribution in [2.45, 2.75) is 78.2 Å². The van der Waals surface area contributed by atoms with Gasteiger partial charge in [-0.25, -0.2) is 4.98 Å². The first-order valence-corrected chi connectivity index (χ1v) is 12.1. The fourth-order valence-electron chi connectivity index (χ4n) is 4.61. The van der Waals surface area contributed by atoms with Crippen molar-refractivity contribution in [1.82, 2.24) is 19.8 Å². The Hall–Kier alpha value is -2.37. The van der Waals surface area contributed by atoms with Crippen LogP contribution < -0.4 is 5.32 Å². The zero-order valence-corrected chi connectivity index (χ0v) is 19.2. The SMILES string of the molecule is CCN(CC)C(=O)Cn1c(CCCCCNC(=O)C2CCCCC2)nc2ccccc21. The van der Waals surface area contributed by atoms with Gasteiger partial charge >= 0.3 is 0 Å². The van der Waals surface area contributed by atoms with E-state index in [0.717, 1.165) is 75.0 Å². The Balaban J connectivity index is 1.50. The van der Waals surface area contributed by atoms with Crippen LogP contribution in [0.5, 0.6) is 0 Å². The first-order valence-electron chi connectivity index (χ1n) is 12.1. The molecule has 2 aromatic rings. The van der Waals surface area contributed by atoms with Crippen molar-refractivity contribution in [2.75, 3.05) is 19.6 Å². The van der Waals surface area contributed by atoms with E-state index in [2.05, 4.69) is 9.88 Å². The molecule has 1 N–H and O–H groups in total. The Labute approximate surface area is 186 Å². The lowest BCUT2D eigenvalue weighted by Gasteiger charge is -2.20. The van der Waals surface area contributed by atoms with E-state index in [9.17, 15) is 9.59 Å². The van der Waals surface area contributed by atoms with E-state index in [1.165, 1.54) is 19.3 Å². The first kappa shape index (κ1) is 23.3. The monoisotopic (exact) mass is 426 g/mol. The van der Waals surface area contributed by atoms with Crippen molar-refractivity contribution in [3.8, 4) is 0 Å². The molecule has 0 atom stereocenters. The molecule has 0 spiro atoms. The van der Waals surface area contributed by atoms with Gasteiger partial charge in [-0.3, -0.25) is 9.59 Å². The maximum Gasteiger partial charge on any atom is 0.242 e. The molecule has 1 aliphatic carbocycles. The number of rotatable bonds is 11. The second kappa shape index (κ2) is 11.9. The van der Waals surface area contributed by atoms with Crippen LogP contribution >= 0.6 is 0 Å². The van der Waals surface area contributed by atoms with E-state index in [0.29, 0.717) is 6.54 Å². The maximum atomic E-state index is 12.7. The van der Waals surface area contributed by atoms with Gasteiger partial charge in [0.05, 0.1) is 11.0 Å². The van der Waals surface area contributed by atoms with Gasteiger partial charge in [0.15, 0.2) is 0 Å². The standard InChI is InChI=1S/C25H38N4O2/c1-3-28(4-2)24(30)19-29-22-16-11-10-15-21(22)27-23(29)17-9-6-12-18-26-25(31)20-13-7-5-8-14-20/h10-11,15-16,20H,3-9,12-14,17-19H2,1-2H3,(H,26,31). The van der Waals surface area contributed by atoms with Crippen molar-refractivity contribution in [3.05, 3.63) is 30.1 Å². The van der Waals surface area contributed by atoms with Crippen molar-refractivity contribution in [1.29, 1.82) is 0 Å². The van der Waals surface area contributed by atoms with Gasteiger partial charge in [-0.2, -0.15) is 0 Å². The van der Waals surface area contributed by atoms with Gasteiger partial charge in [0.25, 0.3) is 0 Å². The Morgan fingerprint density at radius 2 is 1.81 bits per heavy atom. The number of likely N-dealkylation sites (N-methyl/N-ethyl adjacent to an activating group) is 1. The van der Waals surface area contributed by atoms with Crippen molar-refractivity contribution in [3.63, 3.8) is 0 Å². The van der Waals surface area contributed by atoms with Crippen molar-refractivity contribution in [2.24, 2.45) is 5.92 Å². The second-order valence-corrected chi connectivity index (χ2v) is 8.61. The Kier molecular flexibility index (Phi) is 8.92. The summed E-state index contributed by atoms with van der Waals surface area (Å²) in [6.07, 6.45) is 9.62. The third-order valence-corrected chi connectivity index (χ3v) is 6.50. The number of hydrogen-bond acceptors (Lipinski definition) is 3. The van der Waals surface area contributed by atoms with Gasteiger partial charge in [-0.1, -0.05) is 37.8 Å². The minimum Gasteiger partial charge on any atom is -0.356 e. The number of unbranched alkanes of at least 4 members (excludes halogenated alkanes) is 2. The number of aryl methyl sites for hydroxylation is 1. The number of hydrogen-bond donors (Lipinski definition) is 1. The Morgan fingerprint density at radius 1 is 1.06 bits per heavy atom. The predicted molar refractivity (Wildman–Crippen MR) is 125 cm³/mol. The van der Waals surface area contributed by atoms with Crippen LogP contribution in [0.15, 0.2) is 24.3 Å². The van der Waals surface area contributed by atoms with Crippen LogP contribution in [0.2, 0.25) is 0 Å². The number of amides is 2. The van der Waals surface area contributed by atoms with Crippen LogP contribution in [0.1, 0.15) is 71.0 Å². The van der Waals surface area contributed by atoms with Crippen molar-refractivity contribution >= 4 is 22.8 Å². The second-order valence-electron chi connectivity index (χ2n) is 8.61. The molecule has 0 bridgehead atoms. The molecule has 1 saturated carbocycles. The van der Waals surface area contributed by atoms with E-state index in [1.54, 1.807) is 0 Å². The number of nitrogens with zero attached hydrogens (tertiary/aromatic N) is 3. The van der Waals surface area contributed by atoms with Gasteiger partial charge < -0.3 is 14.8 Å². The number of nitrogens with one attached hydrogen (secondary N) is 1. The Morgan fingerprint density at radius 3 is 2.55 bits per heavy atom. The summed E-state index contributed by atoms with van der Waals surface area (Å²) in [7, 11) is 0. The molecule has 0 radical (unpaired) electrons. The van der Waals surface area contributed by atoms with Gasteiger partial charge in [0, 0.05) is 32.0 Å². The summed E-state index contributed by atoms with van der Waals surface area (Å²) in [6, 6.07) is 8.05. The van der Waals surface area contributed by atoms with Crippen LogP contribution in [-0.2, 0) is 22.6 Å². The molecule has 1 fully saturated rings. The molecule has 1 aliphatic rings. The minimum absolute atomic E-state index is 0.139. The number of fused-ring (bicyclic) bond motifs is 1. The lowest BCUT2D eigenvalue weighted by Crippen LogP contribution is -2.33. The summed E-state index contributed by atoms with van der Waals surface area (Å²) >= 11 is 0. The Bertz CT molecular complexity index is 850. The number of carbonyl (C=O) groups excluding carboxylic acids is 2. The topological polar surface area (TPSA) is 67.2 Å². The molecular weight excluding hydrogens is 388 g/mol. The van der Waals surface area contributed by atoms with E-state index in [4.69, 9.17) is 4.98 Å². The summed E-state index contributed by atoms with van der Waals surface area (Å²) in [6.45, 7) is 6.58. The van der Waals surface area contributed by atoms with Gasteiger partial charge in [0.1, 0.15) is 12.4 Å². The van der Waals surface area contributed by atoms with E-state index >= 15 is 0 Å². The van der Waals surface area contributed by atoms with Gasteiger partial charge in [-0.15, -0.1) is 0 Å². The molecule has 1 aromatic carbocycles. The summed E-state index contributed by atoms with van der Waals surface area (Å²) in [5, 5.41) is 3.13. The van der Waals surface area contributed by atoms with E-state index in [-0.39, 0.29) is 17.7 Å². The smallest absolute Gasteiger partial charge is 0.242 e. The predicted octanol–water partition coefficient (Wildman–Crippen LogP) is 4.31. The van der Waals surface area contributed by atoms with Crippen LogP contribution in [-0.4, -0.2) is 45.9 Å². The maximum absolute atomic E-state index is 12.7. The molecule has 0 aliphatic heterocycles. The zero-order chi connectivity index (χ0) is 22.1. The summed E-state index contributed by atoms with van der Waals surface area (Å²) in [5.74, 6) is 1.60. The molecule has 170 valence electrons. The lowest BCUT2D eigenvalue weighted by atomic mass is 9.89. The fourth-order valence-corrected chi connectivity index (χ4v) is 4.61. The molecule has 0 unspecified atom stereocenters. The quantitative estimate of drug-likeness (QED) is 0.544. The highest BCUT2D eigenvalue weighted by atomic mass is 16.2. The fraction of sp³-hybridized carbons (Fsp3) is 0.640. The molecular formula is C25H38N4O2.